The van der Waals surface area contributed by atoms with Crippen molar-refractivity contribution < 1.29 is 0 Å². The zero-order valence-corrected chi connectivity index (χ0v) is 4.65. The summed E-state index contributed by atoms with van der Waals surface area (Å²) in [6, 6.07) is 0.251. The van der Waals surface area contributed by atoms with E-state index < -0.39 is 0 Å². The van der Waals surface area contributed by atoms with E-state index in [-0.39, 0.29) is 6.04 Å². The summed E-state index contributed by atoms with van der Waals surface area (Å²) in [5.74, 6) is 0. The van der Waals surface area contributed by atoms with Crippen LogP contribution in [0.4, 0.5) is 0 Å². The lowest BCUT2D eigenvalue weighted by atomic mass is 10.2. The molecular formula is C5H12N2. The Balaban J connectivity index is 2.81. The normalized spacial score (nSPS) is 13.4. The molecular weight excluding hydrogens is 88.1 g/mol. The molecule has 0 amide bonds. The molecule has 1 atom stereocenters. The molecule has 0 saturated carbocycles. The zero-order chi connectivity index (χ0) is 5.70. The molecule has 0 aromatic carbocycles. The molecule has 0 aliphatic heterocycles. The van der Waals surface area contributed by atoms with Gasteiger partial charge in [0.2, 0.25) is 0 Å². The highest BCUT2D eigenvalue weighted by Gasteiger charge is 1.87. The van der Waals surface area contributed by atoms with Crippen LogP contribution in [-0.4, -0.2) is 12.3 Å². The van der Waals surface area contributed by atoms with Crippen molar-refractivity contribution in [3.05, 3.63) is 0 Å². The third kappa shape index (κ3) is 5.63. The van der Waals surface area contributed by atoms with Crippen LogP contribution in [-0.2, 0) is 0 Å². The van der Waals surface area contributed by atoms with Crippen molar-refractivity contribution in [3.63, 3.8) is 0 Å². The van der Waals surface area contributed by atoms with E-state index in [2.05, 4.69) is 0 Å². The van der Waals surface area contributed by atoms with Gasteiger partial charge in [-0.15, -0.1) is 0 Å². The first-order chi connectivity index (χ1) is 3.27. The average Bonchev–Trinajstić information content (AvgIpc) is 1.61. The van der Waals surface area contributed by atoms with E-state index in [0.717, 1.165) is 12.8 Å². The van der Waals surface area contributed by atoms with Crippen LogP contribution < -0.4 is 5.73 Å². The quantitative estimate of drug-likeness (QED) is 0.505. The van der Waals surface area contributed by atoms with Crippen LogP contribution in [0.15, 0.2) is 0 Å². The van der Waals surface area contributed by atoms with Crippen molar-refractivity contribution in [2.75, 3.05) is 0 Å². The van der Waals surface area contributed by atoms with Gasteiger partial charge in [-0.1, -0.05) is 0 Å². The van der Waals surface area contributed by atoms with E-state index >= 15 is 0 Å². The number of rotatable bonds is 3. The lowest BCUT2D eigenvalue weighted by molar-refractivity contribution is 0.690. The highest BCUT2D eigenvalue weighted by atomic mass is 14.6. The largest absolute Gasteiger partial charge is 0.328 e. The summed E-state index contributed by atoms with van der Waals surface area (Å²) in [7, 11) is 0. The zero-order valence-electron chi connectivity index (χ0n) is 4.65. The van der Waals surface area contributed by atoms with E-state index in [1.54, 1.807) is 0 Å². The van der Waals surface area contributed by atoms with Gasteiger partial charge in [0.05, 0.1) is 0 Å². The number of hydrogen-bond acceptors (Lipinski definition) is 2. The predicted octanol–water partition coefficient (Wildman–Crippen LogP) is 0.763. The number of hydrogen-bond donors (Lipinski definition) is 2. The SMILES string of the molecule is CC(N)CCC=N. The molecule has 2 nitrogen and oxygen atoms in total. The molecule has 0 bridgehead atoms. The highest BCUT2D eigenvalue weighted by Crippen LogP contribution is 1.87. The fourth-order valence-electron chi connectivity index (χ4n) is 0.346. The molecule has 0 aromatic heterocycles. The second kappa shape index (κ2) is 3.81. The minimum absolute atomic E-state index is 0.251. The Bertz CT molecular complexity index is 50.0. The smallest absolute Gasteiger partial charge is 0.00139 e. The van der Waals surface area contributed by atoms with Gasteiger partial charge in [0.25, 0.3) is 0 Å². The molecule has 42 valence electrons. The highest BCUT2D eigenvalue weighted by molar-refractivity contribution is 5.52. The fourth-order valence-corrected chi connectivity index (χ4v) is 0.346. The maximum atomic E-state index is 6.62. The van der Waals surface area contributed by atoms with Crippen molar-refractivity contribution in [3.8, 4) is 0 Å². The van der Waals surface area contributed by atoms with Crippen LogP contribution in [0.25, 0.3) is 0 Å². The summed E-state index contributed by atoms with van der Waals surface area (Å²) in [4.78, 5) is 0. The second-order valence-corrected chi connectivity index (χ2v) is 1.76. The van der Waals surface area contributed by atoms with Gasteiger partial charge >= 0.3 is 0 Å². The minimum Gasteiger partial charge on any atom is -0.328 e. The lowest BCUT2D eigenvalue weighted by Crippen LogP contribution is -2.13. The molecule has 1 unspecified atom stereocenters. The van der Waals surface area contributed by atoms with Crippen molar-refractivity contribution in [2.45, 2.75) is 25.8 Å². The van der Waals surface area contributed by atoms with Crippen LogP contribution in [0, 0.1) is 5.41 Å². The van der Waals surface area contributed by atoms with Gasteiger partial charge in [0.1, 0.15) is 0 Å². The van der Waals surface area contributed by atoms with Crippen molar-refractivity contribution in [1.82, 2.24) is 0 Å². The first-order valence-electron chi connectivity index (χ1n) is 2.52. The first-order valence-corrected chi connectivity index (χ1v) is 2.52. The molecule has 0 heterocycles. The van der Waals surface area contributed by atoms with Gasteiger partial charge in [0, 0.05) is 6.04 Å². The third-order valence-electron chi connectivity index (χ3n) is 0.766. The van der Waals surface area contributed by atoms with Gasteiger partial charge < -0.3 is 11.1 Å². The Hall–Kier alpha value is -0.370. The monoisotopic (exact) mass is 100 g/mol. The Morgan fingerprint density at radius 1 is 1.86 bits per heavy atom. The summed E-state index contributed by atoms with van der Waals surface area (Å²) in [6.07, 6.45) is 3.14. The molecule has 0 spiro atoms. The molecule has 0 aliphatic rings. The summed E-state index contributed by atoms with van der Waals surface area (Å²) >= 11 is 0. The summed E-state index contributed by atoms with van der Waals surface area (Å²) in [5, 5.41) is 6.62. The van der Waals surface area contributed by atoms with E-state index in [0.29, 0.717) is 0 Å². The van der Waals surface area contributed by atoms with Crippen molar-refractivity contribution in [1.29, 1.82) is 5.41 Å². The predicted molar refractivity (Wildman–Crippen MR) is 31.7 cm³/mol. The number of nitrogens with one attached hydrogen (secondary N) is 1. The number of nitrogens with two attached hydrogens (primary N) is 1. The van der Waals surface area contributed by atoms with Gasteiger partial charge in [-0.05, 0) is 26.0 Å². The van der Waals surface area contributed by atoms with Crippen LogP contribution in [0.3, 0.4) is 0 Å². The van der Waals surface area contributed by atoms with E-state index in [1.807, 2.05) is 6.92 Å². The van der Waals surface area contributed by atoms with E-state index in [9.17, 15) is 0 Å². The van der Waals surface area contributed by atoms with Crippen LogP contribution >= 0.6 is 0 Å². The topological polar surface area (TPSA) is 49.9 Å². The molecule has 0 fully saturated rings. The Kier molecular flexibility index (Phi) is 3.61. The fraction of sp³-hybridized carbons (Fsp3) is 0.800. The maximum absolute atomic E-state index is 6.62. The second-order valence-electron chi connectivity index (χ2n) is 1.76. The minimum atomic E-state index is 0.251. The van der Waals surface area contributed by atoms with E-state index in [1.165, 1.54) is 6.21 Å². The molecule has 3 N–H and O–H groups in total. The third-order valence-corrected chi connectivity index (χ3v) is 0.766. The molecule has 0 radical (unpaired) electrons. The van der Waals surface area contributed by atoms with Crippen molar-refractivity contribution in [2.24, 2.45) is 5.73 Å². The van der Waals surface area contributed by atoms with E-state index in [4.69, 9.17) is 11.1 Å². The van der Waals surface area contributed by atoms with Gasteiger partial charge in [-0.2, -0.15) is 0 Å². The Morgan fingerprint density at radius 3 is 2.57 bits per heavy atom. The molecule has 7 heavy (non-hydrogen) atoms. The first kappa shape index (κ1) is 6.63. The maximum Gasteiger partial charge on any atom is 0.00139 e. The lowest BCUT2D eigenvalue weighted by Gasteiger charge is -1.97. The Labute approximate surface area is 44.2 Å². The Morgan fingerprint density at radius 2 is 2.43 bits per heavy atom. The average molecular weight is 100 g/mol. The van der Waals surface area contributed by atoms with Crippen LogP contribution in [0.5, 0.6) is 0 Å². The van der Waals surface area contributed by atoms with Gasteiger partial charge in [-0.25, -0.2) is 0 Å². The molecule has 0 aliphatic carbocycles. The molecule has 0 rings (SSSR count). The van der Waals surface area contributed by atoms with Crippen molar-refractivity contribution >= 4 is 6.21 Å². The summed E-state index contributed by atoms with van der Waals surface area (Å²) in [6.45, 7) is 1.95. The van der Waals surface area contributed by atoms with Crippen LogP contribution in [0.1, 0.15) is 19.8 Å². The van der Waals surface area contributed by atoms with Gasteiger partial charge in [0.15, 0.2) is 0 Å². The van der Waals surface area contributed by atoms with Crippen LogP contribution in [0.2, 0.25) is 0 Å². The standard InChI is InChI=1S/C5H12N2/c1-5(7)3-2-4-6/h4-6H,2-3,7H2,1H3. The van der Waals surface area contributed by atoms with Gasteiger partial charge in [-0.3, -0.25) is 0 Å². The molecule has 2 heteroatoms. The summed E-state index contributed by atoms with van der Waals surface area (Å²) < 4.78 is 0. The molecule has 0 saturated heterocycles. The molecule has 0 aromatic rings. The summed E-state index contributed by atoms with van der Waals surface area (Å²) in [5.41, 5.74) is 5.38.